The zero-order valence-electron chi connectivity index (χ0n) is 16.1. The third kappa shape index (κ3) is 4.21. The van der Waals surface area contributed by atoms with Crippen molar-refractivity contribution in [1.29, 1.82) is 0 Å². The zero-order chi connectivity index (χ0) is 19.4. The Kier molecular flexibility index (Phi) is 5.94. The Hall–Kier alpha value is -2.63. The van der Waals surface area contributed by atoms with Crippen molar-refractivity contribution in [1.82, 2.24) is 5.32 Å². The fourth-order valence-corrected chi connectivity index (χ4v) is 3.34. The Balaban J connectivity index is 1.86. The van der Waals surface area contributed by atoms with Gasteiger partial charge < -0.3 is 19.7 Å². The van der Waals surface area contributed by atoms with E-state index < -0.39 is 0 Å². The SMILES string of the molecule is C=Cc1ccccc1-c1ccc(OC(=O)C2CC(OC)CN2)cc1N(C)C. The minimum atomic E-state index is -0.334. The number of rotatable bonds is 6. The molecule has 2 aromatic rings. The summed E-state index contributed by atoms with van der Waals surface area (Å²) in [5.74, 6) is 0.254. The van der Waals surface area contributed by atoms with Gasteiger partial charge >= 0.3 is 5.97 Å². The van der Waals surface area contributed by atoms with Gasteiger partial charge in [-0.2, -0.15) is 0 Å². The zero-order valence-corrected chi connectivity index (χ0v) is 16.1. The van der Waals surface area contributed by atoms with Crippen LogP contribution < -0.4 is 15.0 Å². The third-order valence-corrected chi connectivity index (χ3v) is 4.85. The number of hydrogen-bond acceptors (Lipinski definition) is 5. The number of carbonyl (C=O) groups excluding carboxylic acids is 1. The summed E-state index contributed by atoms with van der Waals surface area (Å²) >= 11 is 0. The Morgan fingerprint density at radius 2 is 2.00 bits per heavy atom. The molecule has 2 unspecified atom stereocenters. The molecule has 1 aliphatic rings. The van der Waals surface area contributed by atoms with Gasteiger partial charge in [-0.25, -0.2) is 4.79 Å². The quantitative estimate of drug-likeness (QED) is 0.628. The maximum Gasteiger partial charge on any atom is 0.328 e. The van der Waals surface area contributed by atoms with Crippen molar-refractivity contribution >= 4 is 17.7 Å². The van der Waals surface area contributed by atoms with Gasteiger partial charge in [-0.1, -0.05) is 36.9 Å². The lowest BCUT2D eigenvalue weighted by Crippen LogP contribution is -2.34. The monoisotopic (exact) mass is 366 g/mol. The number of anilines is 1. The number of hydrogen-bond donors (Lipinski definition) is 1. The van der Waals surface area contributed by atoms with Crippen molar-refractivity contribution in [2.24, 2.45) is 0 Å². The summed E-state index contributed by atoms with van der Waals surface area (Å²) in [6, 6.07) is 13.5. The highest BCUT2D eigenvalue weighted by Crippen LogP contribution is 2.35. The van der Waals surface area contributed by atoms with E-state index in [-0.39, 0.29) is 18.1 Å². The van der Waals surface area contributed by atoms with Crippen LogP contribution in [0.25, 0.3) is 17.2 Å². The molecule has 0 amide bonds. The van der Waals surface area contributed by atoms with Crippen LogP contribution in [0.15, 0.2) is 49.0 Å². The molecule has 1 heterocycles. The first kappa shape index (κ1) is 19.1. The summed E-state index contributed by atoms with van der Waals surface area (Å²) in [7, 11) is 5.61. The summed E-state index contributed by atoms with van der Waals surface area (Å²) in [4.78, 5) is 14.5. The molecular weight excluding hydrogens is 340 g/mol. The number of carbonyl (C=O) groups is 1. The average Bonchev–Trinajstić information content (AvgIpc) is 3.17. The lowest BCUT2D eigenvalue weighted by atomic mass is 9.97. The molecule has 0 spiro atoms. The van der Waals surface area contributed by atoms with Crippen LogP contribution in [0.3, 0.4) is 0 Å². The molecule has 0 bridgehead atoms. The Bertz CT molecular complexity index is 832. The van der Waals surface area contributed by atoms with Crippen molar-refractivity contribution in [3.8, 4) is 16.9 Å². The van der Waals surface area contributed by atoms with Gasteiger partial charge in [-0.15, -0.1) is 0 Å². The van der Waals surface area contributed by atoms with E-state index in [4.69, 9.17) is 9.47 Å². The van der Waals surface area contributed by atoms with Crippen LogP contribution in [0.4, 0.5) is 5.69 Å². The van der Waals surface area contributed by atoms with E-state index in [1.165, 1.54) is 0 Å². The van der Waals surface area contributed by atoms with Crippen LogP contribution in [0.2, 0.25) is 0 Å². The first-order valence-corrected chi connectivity index (χ1v) is 9.04. The van der Waals surface area contributed by atoms with E-state index in [0.717, 1.165) is 22.4 Å². The van der Waals surface area contributed by atoms with Crippen LogP contribution in [0, 0.1) is 0 Å². The van der Waals surface area contributed by atoms with Gasteiger partial charge in [0.2, 0.25) is 0 Å². The minimum absolute atomic E-state index is 0.0534. The van der Waals surface area contributed by atoms with Crippen molar-refractivity contribution in [3.05, 3.63) is 54.6 Å². The second-order valence-corrected chi connectivity index (χ2v) is 6.84. The number of nitrogens with one attached hydrogen (secondary N) is 1. The summed E-state index contributed by atoms with van der Waals surface area (Å²) in [5.41, 5.74) is 4.19. The third-order valence-electron chi connectivity index (χ3n) is 4.85. The molecule has 3 rings (SSSR count). The standard InChI is InChI=1S/C22H26N2O3/c1-5-15-8-6-7-9-18(15)19-11-10-16(13-21(19)24(2)3)27-22(25)20-12-17(26-4)14-23-20/h5-11,13,17,20,23H,1,12,14H2,2-4H3. The number of methoxy groups -OCH3 is 1. The van der Waals surface area contributed by atoms with E-state index in [0.29, 0.717) is 18.7 Å². The lowest BCUT2D eigenvalue weighted by molar-refractivity contribution is -0.136. The van der Waals surface area contributed by atoms with E-state index >= 15 is 0 Å². The fourth-order valence-electron chi connectivity index (χ4n) is 3.34. The largest absolute Gasteiger partial charge is 0.425 e. The maximum atomic E-state index is 12.4. The predicted molar refractivity (Wildman–Crippen MR) is 109 cm³/mol. The van der Waals surface area contributed by atoms with Crippen LogP contribution in [0.5, 0.6) is 5.75 Å². The smallest absolute Gasteiger partial charge is 0.328 e. The molecule has 1 aliphatic heterocycles. The van der Waals surface area contributed by atoms with Crippen LogP contribution in [0.1, 0.15) is 12.0 Å². The molecule has 1 fully saturated rings. The molecule has 27 heavy (non-hydrogen) atoms. The molecule has 0 saturated carbocycles. The average molecular weight is 366 g/mol. The molecule has 5 heteroatoms. The van der Waals surface area contributed by atoms with E-state index in [2.05, 4.69) is 18.0 Å². The van der Waals surface area contributed by atoms with Gasteiger partial charge in [0, 0.05) is 51.5 Å². The Morgan fingerprint density at radius 3 is 2.67 bits per heavy atom. The van der Waals surface area contributed by atoms with Gasteiger partial charge in [0.1, 0.15) is 11.8 Å². The molecule has 2 aromatic carbocycles. The van der Waals surface area contributed by atoms with Gasteiger partial charge in [0.05, 0.1) is 6.10 Å². The highest BCUT2D eigenvalue weighted by molar-refractivity contribution is 5.86. The van der Waals surface area contributed by atoms with Gasteiger partial charge in [-0.05, 0) is 23.3 Å². The maximum absolute atomic E-state index is 12.4. The normalized spacial score (nSPS) is 18.9. The highest BCUT2D eigenvalue weighted by Gasteiger charge is 2.31. The first-order chi connectivity index (χ1) is 13.0. The fraction of sp³-hybridized carbons (Fsp3) is 0.318. The van der Waals surface area contributed by atoms with Crippen molar-refractivity contribution in [2.45, 2.75) is 18.6 Å². The summed E-state index contributed by atoms with van der Waals surface area (Å²) < 4.78 is 10.9. The molecule has 1 N–H and O–H groups in total. The molecule has 1 saturated heterocycles. The van der Waals surface area contributed by atoms with Crippen LogP contribution in [-0.2, 0) is 9.53 Å². The predicted octanol–water partition coefficient (Wildman–Crippen LogP) is 3.34. The number of ether oxygens (including phenoxy) is 2. The Morgan fingerprint density at radius 1 is 1.22 bits per heavy atom. The molecule has 2 atom stereocenters. The minimum Gasteiger partial charge on any atom is -0.425 e. The number of benzene rings is 2. The van der Waals surface area contributed by atoms with Crippen LogP contribution in [-0.4, -0.2) is 45.9 Å². The first-order valence-electron chi connectivity index (χ1n) is 9.04. The molecule has 0 aliphatic carbocycles. The van der Waals surface area contributed by atoms with Crippen molar-refractivity contribution < 1.29 is 14.3 Å². The topological polar surface area (TPSA) is 50.8 Å². The molecule has 5 nitrogen and oxygen atoms in total. The molecule has 142 valence electrons. The molecule has 0 aromatic heterocycles. The van der Waals surface area contributed by atoms with E-state index in [1.54, 1.807) is 7.11 Å². The summed E-state index contributed by atoms with van der Waals surface area (Å²) in [6.45, 7) is 4.57. The second-order valence-electron chi connectivity index (χ2n) is 6.84. The van der Waals surface area contributed by atoms with E-state index in [1.807, 2.05) is 61.5 Å². The summed E-state index contributed by atoms with van der Waals surface area (Å²) in [6.07, 6.45) is 2.53. The second kappa shape index (κ2) is 8.37. The van der Waals surface area contributed by atoms with Gasteiger partial charge in [0.25, 0.3) is 0 Å². The number of nitrogens with zero attached hydrogens (tertiary/aromatic N) is 1. The Labute approximate surface area is 160 Å². The van der Waals surface area contributed by atoms with Crippen molar-refractivity contribution in [3.63, 3.8) is 0 Å². The summed E-state index contributed by atoms with van der Waals surface area (Å²) in [5, 5.41) is 3.15. The number of esters is 1. The molecule has 0 radical (unpaired) electrons. The van der Waals surface area contributed by atoms with Gasteiger partial charge in [0.15, 0.2) is 0 Å². The molecular formula is C22H26N2O3. The van der Waals surface area contributed by atoms with Crippen molar-refractivity contribution in [2.75, 3.05) is 32.6 Å². The lowest BCUT2D eigenvalue weighted by Gasteiger charge is -2.20. The highest BCUT2D eigenvalue weighted by atomic mass is 16.5. The van der Waals surface area contributed by atoms with Gasteiger partial charge in [-0.3, -0.25) is 0 Å². The van der Waals surface area contributed by atoms with E-state index in [9.17, 15) is 4.79 Å². The van der Waals surface area contributed by atoms with Crippen LogP contribution >= 0.6 is 0 Å².